The van der Waals surface area contributed by atoms with Crippen molar-refractivity contribution in [3.05, 3.63) is 29.6 Å². The Bertz CT molecular complexity index is 526. The minimum absolute atomic E-state index is 0.209. The van der Waals surface area contributed by atoms with Gasteiger partial charge in [0.05, 0.1) is 5.92 Å². The first-order valence-electron chi connectivity index (χ1n) is 4.29. The molecular weight excluding hydrogens is 237 g/mol. The number of nitrogens with two attached hydrogens (primary N) is 1. The molecule has 0 aliphatic heterocycles. The molecule has 0 amide bonds. The number of hydrogen-bond donors (Lipinski definition) is 2. The van der Waals surface area contributed by atoms with Crippen LogP contribution in [-0.4, -0.2) is 19.5 Å². The molecule has 0 saturated heterocycles. The Hall–Kier alpha value is -1.47. The number of primary sulfonamides is 1. The van der Waals surface area contributed by atoms with Gasteiger partial charge < -0.3 is 5.11 Å². The maximum atomic E-state index is 13.7. The predicted molar refractivity (Wildman–Crippen MR) is 53.8 cm³/mol. The summed E-state index contributed by atoms with van der Waals surface area (Å²) >= 11 is 0. The van der Waals surface area contributed by atoms with E-state index >= 15 is 0 Å². The molecule has 7 heteroatoms. The zero-order valence-corrected chi connectivity index (χ0v) is 9.16. The predicted octanol–water partition coefficient (Wildman–Crippen LogP) is 0.661. The van der Waals surface area contributed by atoms with Crippen molar-refractivity contribution >= 4 is 16.0 Å². The lowest BCUT2D eigenvalue weighted by molar-refractivity contribution is -0.138. The molecule has 1 aromatic carbocycles. The molecule has 0 spiro atoms. The lowest BCUT2D eigenvalue weighted by Crippen LogP contribution is -2.17. The van der Waals surface area contributed by atoms with Crippen molar-refractivity contribution in [1.82, 2.24) is 0 Å². The van der Waals surface area contributed by atoms with Gasteiger partial charge in [-0.05, 0) is 13.0 Å². The van der Waals surface area contributed by atoms with Gasteiger partial charge in [-0.2, -0.15) is 0 Å². The van der Waals surface area contributed by atoms with Gasteiger partial charge in [-0.15, -0.1) is 0 Å². The molecule has 0 aliphatic carbocycles. The number of aliphatic carboxylic acids is 1. The summed E-state index contributed by atoms with van der Waals surface area (Å²) in [7, 11) is -4.18. The van der Waals surface area contributed by atoms with Gasteiger partial charge in [-0.25, -0.2) is 17.9 Å². The van der Waals surface area contributed by atoms with E-state index in [2.05, 4.69) is 0 Å². The highest BCUT2D eigenvalue weighted by molar-refractivity contribution is 7.89. The molecule has 88 valence electrons. The number of rotatable bonds is 3. The van der Waals surface area contributed by atoms with Crippen LogP contribution in [0.5, 0.6) is 0 Å². The zero-order chi connectivity index (χ0) is 12.5. The van der Waals surface area contributed by atoms with Gasteiger partial charge in [0, 0.05) is 5.56 Å². The van der Waals surface area contributed by atoms with Crippen LogP contribution in [0.1, 0.15) is 18.4 Å². The van der Waals surface area contributed by atoms with Crippen molar-refractivity contribution in [2.75, 3.05) is 0 Å². The van der Waals surface area contributed by atoms with Crippen molar-refractivity contribution in [1.29, 1.82) is 0 Å². The van der Waals surface area contributed by atoms with Crippen molar-refractivity contribution in [3.8, 4) is 0 Å². The summed E-state index contributed by atoms with van der Waals surface area (Å²) in [5.41, 5.74) is -0.209. The second kappa shape index (κ2) is 4.18. The third-order valence-electron chi connectivity index (χ3n) is 2.14. The SMILES string of the molecule is CC(C(=O)O)c1cccc(S(N)(=O)=O)c1F. The highest BCUT2D eigenvalue weighted by atomic mass is 32.2. The highest BCUT2D eigenvalue weighted by Crippen LogP contribution is 2.23. The fraction of sp³-hybridized carbons (Fsp3) is 0.222. The molecule has 0 radical (unpaired) electrons. The van der Waals surface area contributed by atoms with E-state index in [9.17, 15) is 17.6 Å². The van der Waals surface area contributed by atoms with Gasteiger partial charge in [0.1, 0.15) is 10.7 Å². The van der Waals surface area contributed by atoms with Crippen molar-refractivity contribution in [3.63, 3.8) is 0 Å². The lowest BCUT2D eigenvalue weighted by atomic mass is 10.0. The smallest absolute Gasteiger partial charge is 0.310 e. The molecule has 3 N–H and O–H groups in total. The molecule has 1 rings (SSSR count). The average molecular weight is 247 g/mol. The number of carbonyl (C=O) groups is 1. The fourth-order valence-electron chi connectivity index (χ4n) is 1.21. The van der Waals surface area contributed by atoms with E-state index in [4.69, 9.17) is 10.2 Å². The second-order valence-corrected chi connectivity index (χ2v) is 4.79. The Morgan fingerprint density at radius 3 is 2.50 bits per heavy atom. The van der Waals surface area contributed by atoms with Crippen LogP contribution in [0.2, 0.25) is 0 Å². The van der Waals surface area contributed by atoms with E-state index in [0.29, 0.717) is 0 Å². The minimum Gasteiger partial charge on any atom is -0.481 e. The van der Waals surface area contributed by atoms with Gasteiger partial charge in [0.25, 0.3) is 0 Å². The molecule has 0 aliphatic rings. The molecule has 5 nitrogen and oxygen atoms in total. The third kappa shape index (κ3) is 2.37. The summed E-state index contributed by atoms with van der Waals surface area (Å²) in [6, 6.07) is 3.45. The number of halogens is 1. The molecular formula is C9H10FNO4S. The number of carboxylic acids is 1. The van der Waals surface area contributed by atoms with E-state index in [1.54, 1.807) is 0 Å². The zero-order valence-electron chi connectivity index (χ0n) is 8.34. The quantitative estimate of drug-likeness (QED) is 0.819. The van der Waals surface area contributed by atoms with Crippen LogP contribution in [0.15, 0.2) is 23.1 Å². The Morgan fingerprint density at radius 2 is 2.06 bits per heavy atom. The maximum absolute atomic E-state index is 13.7. The topological polar surface area (TPSA) is 97.5 Å². The standard InChI is InChI=1S/C9H10FNO4S/c1-5(9(12)13)6-3-2-4-7(8(6)10)16(11,14)15/h2-5H,1H3,(H,12,13)(H2,11,14,15). The average Bonchev–Trinajstić information content (AvgIpc) is 2.15. The molecule has 0 heterocycles. The van der Waals surface area contributed by atoms with Crippen LogP contribution < -0.4 is 5.14 Å². The summed E-state index contributed by atoms with van der Waals surface area (Å²) in [6.45, 7) is 1.26. The van der Waals surface area contributed by atoms with Crippen LogP contribution in [-0.2, 0) is 14.8 Å². The van der Waals surface area contributed by atoms with Crippen LogP contribution in [0.25, 0.3) is 0 Å². The summed E-state index contributed by atoms with van der Waals surface area (Å²) in [5, 5.41) is 13.5. The highest BCUT2D eigenvalue weighted by Gasteiger charge is 2.23. The van der Waals surface area contributed by atoms with E-state index in [1.165, 1.54) is 19.1 Å². The molecule has 16 heavy (non-hydrogen) atoms. The first kappa shape index (κ1) is 12.6. The summed E-state index contributed by atoms with van der Waals surface area (Å²) in [5.74, 6) is -3.49. The summed E-state index contributed by atoms with van der Waals surface area (Å²) in [4.78, 5) is 9.97. The number of sulfonamides is 1. The minimum atomic E-state index is -4.18. The van der Waals surface area contributed by atoms with E-state index < -0.39 is 32.6 Å². The van der Waals surface area contributed by atoms with Gasteiger partial charge in [-0.1, -0.05) is 12.1 Å². The number of hydrogen-bond acceptors (Lipinski definition) is 3. The lowest BCUT2D eigenvalue weighted by Gasteiger charge is -2.10. The third-order valence-corrected chi connectivity index (χ3v) is 3.06. The van der Waals surface area contributed by atoms with Gasteiger partial charge in [-0.3, -0.25) is 4.79 Å². The van der Waals surface area contributed by atoms with E-state index in [1.807, 2.05) is 0 Å². The summed E-state index contributed by atoms with van der Waals surface area (Å²) < 4.78 is 35.6. The van der Waals surface area contributed by atoms with Crippen molar-refractivity contribution in [2.45, 2.75) is 17.7 Å². The van der Waals surface area contributed by atoms with Gasteiger partial charge in [0.15, 0.2) is 0 Å². The maximum Gasteiger partial charge on any atom is 0.310 e. The Kier molecular flexibility index (Phi) is 3.30. The van der Waals surface area contributed by atoms with Crippen LogP contribution in [0.4, 0.5) is 4.39 Å². The number of carboxylic acid groups (broad SMARTS) is 1. The molecule has 0 fully saturated rings. The molecule has 1 unspecified atom stereocenters. The Morgan fingerprint density at radius 1 is 1.50 bits per heavy atom. The fourth-order valence-corrected chi connectivity index (χ4v) is 1.85. The number of benzene rings is 1. The molecule has 0 aromatic heterocycles. The Balaban J connectivity index is 3.41. The van der Waals surface area contributed by atoms with E-state index in [0.717, 1.165) is 6.07 Å². The van der Waals surface area contributed by atoms with Gasteiger partial charge in [0.2, 0.25) is 10.0 Å². The van der Waals surface area contributed by atoms with Gasteiger partial charge >= 0.3 is 5.97 Å². The van der Waals surface area contributed by atoms with E-state index in [-0.39, 0.29) is 5.56 Å². The van der Waals surface area contributed by atoms with Crippen LogP contribution in [0.3, 0.4) is 0 Å². The van der Waals surface area contributed by atoms with Crippen molar-refractivity contribution < 1.29 is 22.7 Å². The Labute approximate surface area is 91.7 Å². The van der Waals surface area contributed by atoms with Crippen molar-refractivity contribution in [2.24, 2.45) is 5.14 Å². The second-order valence-electron chi connectivity index (χ2n) is 3.26. The first-order chi connectivity index (χ1) is 7.25. The normalized spacial score (nSPS) is 13.4. The van der Waals surface area contributed by atoms with Crippen LogP contribution >= 0.6 is 0 Å². The molecule has 1 aromatic rings. The summed E-state index contributed by atoms with van der Waals surface area (Å²) in [6.07, 6.45) is 0. The van der Waals surface area contributed by atoms with Crippen LogP contribution in [0, 0.1) is 5.82 Å². The molecule has 0 bridgehead atoms. The molecule has 0 saturated carbocycles. The molecule has 1 atom stereocenters. The monoisotopic (exact) mass is 247 g/mol. The largest absolute Gasteiger partial charge is 0.481 e. The first-order valence-corrected chi connectivity index (χ1v) is 5.83.